The third kappa shape index (κ3) is 3.22. The molecule has 0 amide bonds. The van der Waals surface area contributed by atoms with Gasteiger partial charge in [0.1, 0.15) is 5.75 Å². The molecule has 3 heteroatoms. The molecule has 1 unspecified atom stereocenters. The van der Waals surface area contributed by atoms with E-state index in [2.05, 4.69) is 24.4 Å². The predicted molar refractivity (Wildman–Crippen MR) is 66.0 cm³/mol. The van der Waals surface area contributed by atoms with Crippen molar-refractivity contribution in [1.82, 2.24) is 5.32 Å². The number of aryl methyl sites for hydroxylation is 1. The standard InChI is InChI=1S/C13H21NO2/c1-10-9-11(16-4)5-6-12(10)13(14-2)7-8-15-3/h5-6,9,13-14H,7-8H2,1-4H3. The monoisotopic (exact) mass is 223 g/mol. The fraction of sp³-hybridized carbons (Fsp3) is 0.538. The van der Waals surface area contributed by atoms with Gasteiger partial charge in [-0.25, -0.2) is 0 Å². The Labute approximate surface area is 97.8 Å². The molecule has 1 aromatic carbocycles. The van der Waals surface area contributed by atoms with Crippen LogP contribution in [0, 0.1) is 6.92 Å². The maximum Gasteiger partial charge on any atom is 0.119 e. The number of nitrogens with one attached hydrogen (secondary N) is 1. The van der Waals surface area contributed by atoms with E-state index in [-0.39, 0.29) is 0 Å². The summed E-state index contributed by atoms with van der Waals surface area (Å²) in [7, 11) is 5.40. The lowest BCUT2D eigenvalue weighted by Crippen LogP contribution is -2.19. The first-order valence-corrected chi connectivity index (χ1v) is 5.53. The molecule has 1 rings (SSSR count). The van der Waals surface area contributed by atoms with Crippen LogP contribution in [0.3, 0.4) is 0 Å². The molecule has 0 heterocycles. The average Bonchev–Trinajstić information content (AvgIpc) is 2.31. The van der Waals surface area contributed by atoms with Crippen molar-refractivity contribution in [2.24, 2.45) is 0 Å². The van der Waals surface area contributed by atoms with Gasteiger partial charge in [-0.2, -0.15) is 0 Å². The number of benzene rings is 1. The van der Waals surface area contributed by atoms with E-state index >= 15 is 0 Å². The Kier molecular flexibility index (Phi) is 5.29. The second-order valence-electron chi connectivity index (χ2n) is 3.85. The second-order valence-corrected chi connectivity index (χ2v) is 3.85. The first kappa shape index (κ1) is 13.0. The van der Waals surface area contributed by atoms with Gasteiger partial charge in [-0.15, -0.1) is 0 Å². The van der Waals surface area contributed by atoms with E-state index in [1.54, 1.807) is 14.2 Å². The van der Waals surface area contributed by atoms with Crippen LogP contribution in [0.4, 0.5) is 0 Å². The minimum absolute atomic E-state index is 0.339. The van der Waals surface area contributed by atoms with Gasteiger partial charge in [-0.1, -0.05) is 6.07 Å². The van der Waals surface area contributed by atoms with E-state index in [1.165, 1.54) is 11.1 Å². The highest BCUT2D eigenvalue weighted by Crippen LogP contribution is 2.24. The van der Waals surface area contributed by atoms with Gasteiger partial charge in [0, 0.05) is 19.8 Å². The lowest BCUT2D eigenvalue weighted by atomic mass is 9.99. The van der Waals surface area contributed by atoms with Crippen molar-refractivity contribution in [2.75, 3.05) is 27.9 Å². The molecule has 0 radical (unpaired) electrons. The molecule has 0 spiro atoms. The Balaban J connectivity index is 2.83. The van der Waals surface area contributed by atoms with Crippen molar-refractivity contribution in [1.29, 1.82) is 0 Å². The molecule has 0 aliphatic carbocycles. The Morgan fingerprint density at radius 3 is 2.56 bits per heavy atom. The van der Waals surface area contributed by atoms with Crippen LogP contribution in [0.1, 0.15) is 23.6 Å². The molecule has 1 N–H and O–H groups in total. The van der Waals surface area contributed by atoms with E-state index in [4.69, 9.17) is 9.47 Å². The zero-order chi connectivity index (χ0) is 12.0. The topological polar surface area (TPSA) is 30.5 Å². The minimum atomic E-state index is 0.339. The maximum atomic E-state index is 5.20. The van der Waals surface area contributed by atoms with Crippen LogP contribution in [-0.4, -0.2) is 27.9 Å². The number of hydrogen-bond donors (Lipinski definition) is 1. The molecule has 16 heavy (non-hydrogen) atoms. The molecule has 0 aromatic heterocycles. The highest BCUT2D eigenvalue weighted by atomic mass is 16.5. The largest absolute Gasteiger partial charge is 0.497 e. The molecule has 1 atom stereocenters. The van der Waals surface area contributed by atoms with Crippen LogP contribution in [0.25, 0.3) is 0 Å². The van der Waals surface area contributed by atoms with Gasteiger partial charge in [-0.05, 0) is 43.7 Å². The smallest absolute Gasteiger partial charge is 0.119 e. The summed E-state index contributed by atoms with van der Waals surface area (Å²) < 4.78 is 10.3. The van der Waals surface area contributed by atoms with Gasteiger partial charge in [-0.3, -0.25) is 0 Å². The first-order chi connectivity index (χ1) is 7.72. The Morgan fingerprint density at radius 2 is 2.06 bits per heavy atom. The highest BCUT2D eigenvalue weighted by molar-refractivity contribution is 5.36. The van der Waals surface area contributed by atoms with Gasteiger partial charge >= 0.3 is 0 Å². The summed E-state index contributed by atoms with van der Waals surface area (Å²) in [5, 5.41) is 3.31. The number of methoxy groups -OCH3 is 2. The average molecular weight is 223 g/mol. The molecule has 90 valence electrons. The Bertz CT molecular complexity index is 326. The molecule has 3 nitrogen and oxygen atoms in total. The lowest BCUT2D eigenvalue weighted by molar-refractivity contribution is 0.184. The van der Waals surface area contributed by atoms with Crippen molar-refractivity contribution < 1.29 is 9.47 Å². The summed E-state index contributed by atoms with van der Waals surface area (Å²) >= 11 is 0. The van der Waals surface area contributed by atoms with Crippen LogP contribution in [-0.2, 0) is 4.74 Å². The summed E-state index contributed by atoms with van der Waals surface area (Å²) in [6.07, 6.45) is 0.972. The zero-order valence-corrected chi connectivity index (χ0v) is 10.5. The van der Waals surface area contributed by atoms with Crippen LogP contribution in [0.15, 0.2) is 18.2 Å². The van der Waals surface area contributed by atoms with Crippen molar-refractivity contribution >= 4 is 0 Å². The second kappa shape index (κ2) is 6.51. The molecule has 0 aliphatic rings. The fourth-order valence-electron chi connectivity index (χ4n) is 1.86. The molecule has 0 saturated carbocycles. The molecular formula is C13H21NO2. The van der Waals surface area contributed by atoms with Gasteiger partial charge in [0.15, 0.2) is 0 Å². The van der Waals surface area contributed by atoms with E-state index in [0.29, 0.717) is 6.04 Å². The zero-order valence-electron chi connectivity index (χ0n) is 10.5. The maximum absolute atomic E-state index is 5.20. The lowest BCUT2D eigenvalue weighted by Gasteiger charge is -2.19. The van der Waals surface area contributed by atoms with Crippen LogP contribution in [0.2, 0.25) is 0 Å². The third-order valence-corrected chi connectivity index (χ3v) is 2.81. The number of hydrogen-bond acceptors (Lipinski definition) is 3. The summed E-state index contributed by atoms with van der Waals surface area (Å²) in [5.41, 5.74) is 2.55. The van der Waals surface area contributed by atoms with E-state index in [1.807, 2.05) is 13.1 Å². The van der Waals surface area contributed by atoms with Gasteiger partial charge in [0.25, 0.3) is 0 Å². The van der Waals surface area contributed by atoms with Crippen molar-refractivity contribution in [3.8, 4) is 5.75 Å². The predicted octanol–water partition coefficient (Wildman–Crippen LogP) is 2.30. The van der Waals surface area contributed by atoms with E-state index in [0.717, 1.165) is 18.8 Å². The van der Waals surface area contributed by atoms with Crippen LogP contribution >= 0.6 is 0 Å². The molecule has 0 aliphatic heterocycles. The van der Waals surface area contributed by atoms with Gasteiger partial charge in [0.2, 0.25) is 0 Å². The first-order valence-electron chi connectivity index (χ1n) is 5.53. The molecule has 0 fully saturated rings. The normalized spacial score (nSPS) is 12.5. The van der Waals surface area contributed by atoms with E-state index < -0.39 is 0 Å². The van der Waals surface area contributed by atoms with Crippen molar-refractivity contribution in [3.63, 3.8) is 0 Å². The summed E-state index contributed by atoms with van der Waals surface area (Å²) in [5.74, 6) is 0.905. The van der Waals surface area contributed by atoms with Crippen molar-refractivity contribution in [2.45, 2.75) is 19.4 Å². The number of ether oxygens (including phenoxy) is 2. The van der Waals surface area contributed by atoms with Gasteiger partial charge in [0.05, 0.1) is 7.11 Å². The van der Waals surface area contributed by atoms with Crippen molar-refractivity contribution in [3.05, 3.63) is 29.3 Å². The van der Waals surface area contributed by atoms with Crippen LogP contribution < -0.4 is 10.1 Å². The van der Waals surface area contributed by atoms with Gasteiger partial charge < -0.3 is 14.8 Å². The SMILES string of the molecule is CNC(CCOC)c1ccc(OC)cc1C. The fourth-order valence-corrected chi connectivity index (χ4v) is 1.86. The quantitative estimate of drug-likeness (QED) is 0.802. The molecule has 1 aromatic rings. The third-order valence-electron chi connectivity index (χ3n) is 2.81. The number of rotatable bonds is 6. The summed E-state index contributed by atoms with van der Waals surface area (Å²) in [4.78, 5) is 0. The molecule has 0 bridgehead atoms. The minimum Gasteiger partial charge on any atom is -0.497 e. The van der Waals surface area contributed by atoms with Crippen LogP contribution in [0.5, 0.6) is 5.75 Å². The molecule has 0 saturated heterocycles. The summed E-state index contributed by atoms with van der Waals surface area (Å²) in [6, 6.07) is 6.52. The Morgan fingerprint density at radius 1 is 1.31 bits per heavy atom. The highest BCUT2D eigenvalue weighted by Gasteiger charge is 2.11. The molecular weight excluding hydrogens is 202 g/mol. The summed E-state index contributed by atoms with van der Waals surface area (Å²) in [6.45, 7) is 2.87. The Hall–Kier alpha value is -1.06. The van der Waals surface area contributed by atoms with E-state index in [9.17, 15) is 0 Å².